The number of anilines is 1. The number of urea groups is 1. The van der Waals surface area contributed by atoms with E-state index in [4.69, 9.17) is 23.2 Å². The quantitative estimate of drug-likeness (QED) is 0.345. The zero-order valence-corrected chi connectivity index (χ0v) is 17.9. The molecule has 1 saturated heterocycles. The number of hydrogen-bond donors (Lipinski definition) is 0. The molecule has 3 rings (SSSR count). The monoisotopic (exact) mass is 498 g/mol. The van der Waals surface area contributed by atoms with Crippen molar-refractivity contribution in [3.8, 4) is 0 Å². The molecule has 172 valence electrons. The lowest BCUT2D eigenvalue weighted by molar-refractivity contribution is -0.143. The van der Waals surface area contributed by atoms with Crippen molar-refractivity contribution in [2.45, 2.75) is 38.3 Å². The van der Waals surface area contributed by atoms with Crippen LogP contribution in [0.5, 0.6) is 0 Å². The first-order valence-corrected chi connectivity index (χ1v) is 9.68. The molecule has 2 aromatic rings. The SMILES string of the molecule is CC1(C)C(=O)N(c2ccc(Cl)c(Cl)c2)C(=O)N1Cc1cc(C(F)(F)F)cc(C(F)(F)F)c1. The molecule has 0 saturated carbocycles. The third-order valence-corrected chi connectivity index (χ3v) is 5.71. The lowest BCUT2D eigenvalue weighted by Crippen LogP contribution is -2.43. The van der Waals surface area contributed by atoms with Crippen molar-refractivity contribution in [1.82, 2.24) is 4.90 Å². The van der Waals surface area contributed by atoms with Crippen LogP contribution in [0.15, 0.2) is 36.4 Å². The molecule has 0 radical (unpaired) electrons. The predicted octanol–water partition coefficient (Wildman–Crippen LogP) is 6.78. The fourth-order valence-electron chi connectivity index (χ4n) is 3.25. The number of nitrogens with zero attached hydrogens (tertiary/aromatic N) is 2. The lowest BCUT2D eigenvalue weighted by Gasteiger charge is -2.28. The molecule has 1 aliphatic heterocycles. The van der Waals surface area contributed by atoms with Gasteiger partial charge in [0.2, 0.25) is 0 Å². The van der Waals surface area contributed by atoms with Crippen LogP contribution in [0.4, 0.5) is 36.8 Å². The van der Waals surface area contributed by atoms with Gasteiger partial charge in [-0.1, -0.05) is 23.2 Å². The van der Waals surface area contributed by atoms with Gasteiger partial charge in [-0.3, -0.25) is 4.79 Å². The normalized spacial score (nSPS) is 16.8. The maximum atomic E-state index is 13.2. The Hall–Kier alpha value is -2.46. The van der Waals surface area contributed by atoms with E-state index < -0.39 is 53.1 Å². The van der Waals surface area contributed by atoms with Gasteiger partial charge in [0.15, 0.2) is 0 Å². The van der Waals surface area contributed by atoms with E-state index in [1.54, 1.807) is 0 Å². The second-order valence-corrected chi connectivity index (χ2v) is 8.40. The number of carbonyl (C=O) groups excluding carboxylic acids is 2. The topological polar surface area (TPSA) is 40.6 Å². The Morgan fingerprint density at radius 2 is 1.38 bits per heavy atom. The Morgan fingerprint density at radius 3 is 1.84 bits per heavy atom. The van der Waals surface area contributed by atoms with Crippen LogP contribution in [0.25, 0.3) is 0 Å². The summed E-state index contributed by atoms with van der Waals surface area (Å²) in [5, 5.41) is 0.211. The Bertz CT molecular complexity index is 1070. The highest BCUT2D eigenvalue weighted by Crippen LogP contribution is 2.39. The number of alkyl halides is 6. The van der Waals surface area contributed by atoms with Gasteiger partial charge in [0.1, 0.15) is 5.54 Å². The number of benzene rings is 2. The highest BCUT2D eigenvalue weighted by Gasteiger charge is 2.52. The molecular formula is C20H14Cl2F6N2O2. The van der Waals surface area contributed by atoms with Gasteiger partial charge in [-0.15, -0.1) is 0 Å². The van der Waals surface area contributed by atoms with Crippen LogP contribution in [-0.4, -0.2) is 22.4 Å². The van der Waals surface area contributed by atoms with E-state index in [1.165, 1.54) is 32.0 Å². The van der Waals surface area contributed by atoms with Crippen LogP contribution in [0, 0.1) is 0 Å². The summed E-state index contributed by atoms with van der Waals surface area (Å²) in [4.78, 5) is 27.6. The summed E-state index contributed by atoms with van der Waals surface area (Å²) in [6.45, 7) is 2.01. The van der Waals surface area contributed by atoms with Crippen LogP contribution in [0.2, 0.25) is 10.0 Å². The molecule has 4 nitrogen and oxygen atoms in total. The highest BCUT2D eigenvalue weighted by atomic mass is 35.5. The third kappa shape index (κ3) is 4.38. The van der Waals surface area contributed by atoms with Gasteiger partial charge in [0.05, 0.1) is 26.9 Å². The molecule has 12 heteroatoms. The Kier molecular flexibility index (Phi) is 5.93. The second-order valence-electron chi connectivity index (χ2n) is 7.58. The van der Waals surface area contributed by atoms with Gasteiger partial charge in [-0.25, -0.2) is 9.69 Å². The van der Waals surface area contributed by atoms with Gasteiger partial charge < -0.3 is 4.90 Å². The first-order chi connectivity index (χ1) is 14.5. The molecule has 1 aliphatic rings. The van der Waals surface area contributed by atoms with Crippen LogP contribution in [0.1, 0.15) is 30.5 Å². The zero-order valence-electron chi connectivity index (χ0n) is 16.4. The van der Waals surface area contributed by atoms with Crippen molar-refractivity contribution in [2.24, 2.45) is 0 Å². The molecule has 0 aliphatic carbocycles. The maximum absolute atomic E-state index is 13.2. The second kappa shape index (κ2) is 7.84. The Morgan fingerprint density at radius 1 is 0.844 bits per heavy atom. The molecular weight excluding hydrogens is 485 g/mol. The van der Waals surface area contributed by atoms with Gasteiger partial charge >= 0.3 is 18.4 Å². The van der Waals surface area contributed by atoms with E-state index in [1.807, 2.05) is 0 Å². The van der Waals surface area contributed by atoms with Gasteiger partial charge in [0.25, 0.3) is 5.91 Å². The van der Waals surface area contributed by atoms with E-state index in [0.29, 0.717) is 12.1 Å². The molecule has 1 fully saturated rings. The van der Waals surface area contributed by atoms with Crippen LogP contribution < -0.4 is 4.90 Å². The molecule has 0 N–H and O–H groups in total. The predicted molar refractivity (Wildman–Crippen MR) is 105 cm³/mol. The molecule has 0 aromatic heterocycles. The molecule has 0 spiro atoms. The zero-order chi connectivity index (χ0) is 24.2. The number of imide groups is 1. The largest absolute Gasteiger partial charge is 0.416 e. The summed E-state index contributed by atoms with van der Waals surface area (Å²) in [6, 6.07) is 4.05. The summed E-state index contributed by atoms with van der Waals surface area (Å²) < 4.78 is 79.0. The summed E-state index contributed by atoms with van der Waals surface area (Å²) in [5.41, 5.74) is -4.96. The average molecular weight is 499 g/mol. The van der Waals surface area contributed by atoms with E-state index >= 15 is 0 Å². The fraction of sp³-hybridized carbons (Fsp3) is 0.300. The summed E-state index contributed by atoms with van der Waals surface area (Å²) in [6.07, 6.45) is -10.1. The first-order valence-electron chi connectivity index (χ1n) is 8.93. The first kappa shape index (κ1) is 24.2. The van der Waals surface area contributed by atoms with Crippen molar-refractivity contribution in [1.29, 1.82) is 0 Å². The number of amides is 3. The minimum atomic E-state index is -5.04. The summed E-state index contributed by atoms with van der Waals surface area (Å²) >= 11 is 11.8. The van der Waals surface area contributed by atoms with Crippen molar-refractivity contribution in [2.75, 3.05) is 4.90 Å². The number of hydrogen-bond acceptors (Lipinski definition) is 2. The minimum absolute atomic E-state index is 0.00634. The van der Waals surface area contributed by atoms with Crippen molar-refractivity contribution < 1.29 is 35.9 Å². The molecule has 0 bridgehead atoms. The van der Waals surface area contributed by atoms with E-state index in [9.17, 15) is 35.9 Å². The average Bonchev–Trinajstić information content (AvgIpc) is 2.82. The number of rotatable bonds is 3. The van der Waals surface area contributed by atoms with Crippen molar-refractivity contribution >= 4 is 40.8 Å². The molecule has 1 heterocycles. The van der Waals surface area contributed by atoms with E-state index in [0.717, 1.165) is 9.80 Å². The Labute approximate surface area is 188 Å². The molecule has 0 atom stereocenters. The van der Waals surface area contributed by atoms with Crippen LogP contribution >= 0.6 is 23.2 Å². The molecule has 3 amide bonds. The standard InChI is InChI=1S/C20H14Cl2F6N2O2/c1-18(2)16(31)30(13-3-4-14(21)15(22)8-13)17(32)29(18)9-10-5-11(19(23,24)25)7-12(6-10)20(26,27)28/h3-8H,9H2,1-2H3. The minimum Gasteiger partial charge on any atom is -0.305 e. The van der Waals surface area contributed by atoms with Crippen molar-refractivity contribution in [3.05, 3.63) is 63.1 Å². The van der Waals surface area contributed by atoms with E-state index in [-0.39, 0.29) is 21.8 Å². The third-order valence-electron chi connectivity index (χ3n) is 4.97. The van der Waals surface area contributed by atoms with E-state index in [2.05, 4.69) is 0 Å². The van der Waals surface area contributed by atoms with Gasteiger partial charge in [-0.2, -0.15) is 26.3 Å². The fourth-order valence-corrected chi connectivity index (χ4v) is 3.54. The van der Waals surface area contributed by atoms with Gasteiger partial charge in [0, 0.05) is 6.54 Å². The van der Waals surface area contributed by atoms with Crippen molar-refractivity contribution in [3.63, 3.8) is 0 Å². The molecule has 32 heavy (non-hydrogen) atoms. The maximum Gasteiger partial charge on any atom is 0.416 e. The number of halogens is 8. The lowest BCUT2D eigenvalue weighted by atomic mass is 10.0. The highest BCUT2D eigenvalue weighted by molar-refractivity contribution is 6.42. The summed E-state index contributed by atoms with van der Waals surface area (Å²) in [5.74, 6) is -0.732. The molecule has 2 aromatic carbocycles. The smallest absolute Gasteiger partial charge is 0.305 e. The summed E-state index contributed by atoms with van der Waals surface area (Å²) in [7, 11) is 0. The molecule has 0 unspecified atom stereocenters. The van der Waals surface area contributed by atoms with Crippen LogP contribution in [0.3, 0.4) is 0 Å². The number of carbonyl (C=O) groups is 2. The Balaban J connectivity index is 2.04. The van der Waals surface area contributed by atoms with Crippen LogP contribution in [-0.2, 0) is 23.7 Å². The van der Waals surface area contributed by atoms with Gasteiger partial charge in [-0.05, 0) is 55.8 Å².